The minimum Gasteiger partial charge on any atom is -0.338 e. The van der Waals surface area contributed by atoms with Gasteiger partial charge in [-0.25, -0.2) is 0 Å². The highest BCUT2D eigenvalue weighted by atomic mass is 32.1. The Hall–Kier alpha value is -1.87. The monoisotopic (exact) mass is 321 g/mol. The third-order valence-electron chi connectivity index (χ3n) is 3.35. The summed E-state index contributed by atoms with van der Waals surface area (Å²) in [7, 11) is 0. The molecule has 1 heterocycles. The summed E-state index contributed by atoms with van der Waals surface area (Å²) in [6, 6.07) is 2.10. The number of nitriles is 1. The Labute approximate surface area is 135 Å². The van der Waals surface area contributed by atoms with Crippen LogP contribution in [0.1, 0.15) is 54.9 Å². The first-order valence-corrected chi connectivity index (χ1v) is 8.29. The van der Waals surface area contributed by atoms with E-state index in [1.54, 1.807) is 11.8 Å². The molecule has 0 unspecified atom stereocenters. The van der Waals surface area contributed by atoms with Gasteiger partial charge in [-0.05, 0) is 32.3 Å². The summed E-state index contributed by atoms with van der Waals surface area (Å²) in [5.41, 5.74) is 1.03. The van der Waals surface area contributed by atoms with Crippen LogP contribution in [0, 0.1) is 24.2 Å². The first kappa shape index (κ1) is 18.2. The molecule has 1 aromatic heterocycles. The zero-order valence-corrected chi connectivity index (χ0v) is 14.6. The molecule has 22 heavy (non-hydrogen) atoms. The second-order valence-corrected chi connectivity index (χ2v) is 6.52. The van der Waals surface area contributed by atoms with Gasteiger partial charge in [0.1, 0.15) is 11.1 Å². The highest BCUT2D eigenvalue weighted by molar-refractivity contribution is 7.18. The number of anilines is 1. The normalized spacial score (nSPS) is 10.4. The Morgan fingerprint density at radius 3 is 2.36 bits per heavy atom. The molecule has 0 aliphatic carbocycles. The predicted octanol–water partition coefficient (Wildman–Crippen LogP) is 3.39. The summed E-state index contributed by atoms with van der Waals surface area (Å²) in [4.78, 5) is 26.6. The maximum absolute atomic E-state index is 12.5. The molecule has 0 saturated heterocycles. The van der Waals surface area contributed by atoms with Crippen LogP contribution in [0.5, 0.6) is 0 Å². The Bertz CT molecular complexity index is 595. The van der Waals surface area contributed by atoms with Crippen LogP contribution in [-0.2, 0) is 4.79 Å². The van der Waals surface area contributed by atoms with E-state index in [2.05, 4.69) is 11.4 Å². The summed E-state index contributed by atoms with van der Waals surface area (Å²) < 4.78 is 0. The van der Waals surface area contributed by atoms with Gasteiger partial charge in [0.2, 0.25) is 5.91 Å². The zero-order valence-electron chi connectivity index (χ0n) is 13.8. The van der Waals surface area contributed by atoms with Gasteiger partial charge in [0.05, 0.1) is 10.4 Å². The summed E-state index contributed by atoms with van der Waals surface area (Å²) in [6.07, 6.45) is 0.390. The van der Waals surface area contributed by atoms with Crippen molar-refractivity contribution in [3.8, 4) is 6.07 Å². The lowest BCUT2D eigenvalue weighted by Crippen LogP contribution is -2.30. The lowest BCUT2D eigenvalue weighted by Gasteiger charge is -2.17. The minimum atomic E-state index is -0.130. The van der Waals surface area contributed by atoms with Crippen LogP contribution in [0.4, 0.5) is 5.00 Å². The number of nitrogens with zero attached hydrogens (tertiary/aromatic N) is 2. The fourth-order valence-electron chi connectivity index (χ4n) is 2.14. The third-order valence-corrected chi connectivity index (χ3v) is 4.55. The summed E-state index contributed by atoms with van der Waals surface area (Å²) in [5.74, 6) is 0.0197. The minimum absolute atomic E-state index is 0.0895. The van der Waals surface area contributed by atoms with Gasteiger partial charge in [-0.15, -0.1) is 11.3 Å². The van der Waals surface area contributed by atoms with E-state index < -0.39 is 0 Å². The van der Waals surface area contributed by atoms with Gasteiger partial charge in [-0.3, -0.25) is 9.59 Å². The van der Waals surface area contributed by atoms with Crippen molar-refractivity contribution in [1.82, 2.24) is 4.90 Å². The molecule has 0 atom stereocenters. The van der Waals surface area contributed by atoms with Gasteiger partial charge in [0.15, 0.2) is 0 Å². The Balaban J connectivity index is 3.12. The molecular weight excluding hydrogens is 298 g/mol. The summed E-state index contributed by atoms with van der Waals surface area (Å²) in [5, 5.41) is 12.6. The van der Waals surface area contributed by atoms with Gasteiger partial charge in [-0.2, -0.15) is 5.26 Å². The summed E-state index contributed by atoms with van der Waals surface area (Å²) in [6.45, 7) is 10.7. The van der Waals surface area contributed by atoms with E-state index in [1.165, 1.54) is 11.3 Å². The lowest BCUT2D eigenvalue weighted by atomic mass is 10.1. The second-order valence-electron chi connectivity index (χ2n) is 5.50. The molecule has 0 spiro atoms. The van der Waals surface area contributed by atoms with Crippen molar-refractivity contribution in [3.05, 3.63) is 16.0 Å². The van der Waals surface area contributed by atoms with E-state index >= 15 is 0 Å². The van der Waals surface area contributed by atoms with Crippen LogP contribution < -0.4 is 5.32 Å². The molecule has 0 aliphatic heterocycles. The standard InChI is InChI=1S/C16H23N3O2S/c1-6-19(7-2)16(21)14-11(5)12(9-17)15(22-14)18-13(20)8-10(3)4/h10H,6-8H2,1-5H3,(H,18,20). The van der Waals surface area contributed by atoms with E-state index in [-0.39, 0.29) is 17.7 Å². The zero-order chi connectivity index (χ0) is 16.9. The van der Waals surface area contributed by atoms with E-state index in [9.17, 15) is 14.9 Å². The smallest absolute Gasteiger partial charge is 0.264 e. The number of hydrogen-bond donors (Lipinski definition) is 1. The topological polar surface area (TPSA) is 73.2 Å². The average Bonchev–Trinajstić information content (AvgIpc) is 2.74. The van der Waals surface area contributed by atoms with Crippen LogP contribution in [-0.4, -0.2) is 29.8 Å². The number of carbonyl (C=O) groups is 2. The number of rotatable bonds is 6. The average molecular weight is 321 g/mol. The van der Waals surface area contributed by atoms with Crippen molar-refractivity contribution in [2.24, 2.45) is 5.92 Å². The van der Waals surface area contributed by atoms with Crippen molar-refractivity contribution in [1.29, 1.82) is 5.26 Å². The van der Waals surface area contributed by atoms with E-state index in [1.807, 2.05) is 27.7 Å². The van der Waals surface area contributed by atoms with E-state index in [4.69, 9.17) is 0 Å². The molecule has 2 amide bonds. The number of thiophene rings is 1. The number of carbonyl (C=O) groups excluding carboxylic acids is 2. The van der Waals surface area contributed by atoms with Crippen LogP contribution in [0.25, 0.3) is 0 Å². The molecule has 0 aliphatic rings. The van der Waals surface area contributed by atoms with Gasteiger partial charge in [-0.1, -0.05) is 13.8 Å². The first-order valence-electron chi connectivity index (χ1n) is 7.48. The van der Waals surface area contributed by atoms with Crippen LogP contribution >= 0.6 is 11.3 Å². The molecule has 1 aromatic rings. The maximum atomic E-state index is 12.5. The van der Waals surface area contributed by atoms with Crippen LogP contribution in [0.15, 0.2) is 0 Å². The molecule has 120 valence electrons. The molecule has 1 N–H and O–H groups in total. The van der Waals surface area contributed by atoms with E-state index in [0.717, 1.165) is 0 Å². The van der Waals surface area contributed by atoms with Crippen LogP contribution in [0.2, 0.25) is 0 Å². The molecule has 0 radical (unpaired) electrons. The Morgan fingerprint density at radius 2 is 1.91 bits per heavy atom. The quantitative estimate of drug-likeness (QED) is 0.872. The van der Waals surface area contributed by atoms with Gasteiger partial charge < -0.3 is 10.2 Å². The van der Waals surface area contributed by atoms with Crippen LogP contribution in [0.3, 0.4) is 0 Å². The molecular formula is C16H23N3O2S. The predicted molar refractivity (Wildman–Crippen MR) is 89.1 cm³/mol. The maximum Gasteiger partial charge on any atom is 0.264 e. The Morgan fingerprint density at radius 1 is 1.32 bits per heavy atom. The lowest BCUT2D eigenvalue weighted by molar-refractivity contribution is -0.116. The first-order chi connectivity index (χ1) is 10.3. The van der Waals surface area contributed by atoms with Crippen molar-refractivity contribution in [2.75, 3.05) is 18.4 Å². The van der Waals surface area contributed by atoms with Crippen molar-refractivity contribution < 1.29 is 9.59 Å². The second kappa shape index (κ2) is 7.95. The fourth-order valence-corrected chi connectivity index (χ4v) is 3.28. The van der Waals surface area contributed by atoms with Gasteiger partial charge in [0, 0.05) is 19.5 Å². The fraction of sp³-hybridized carbons (Fsp3) is 0.562. The molecule has 0 aromatic carbocycles. The molecule has 5 nitrogen and oxygen atoms in total. The molecule has 0 saturated carbocycles. The van der Waals surface area contributed by atoms with Crippen molar-refractivity contribution in [2.45, 2.75) is 41.0 Å². The number of hydrogen-bond acceptors (Lipinski definition) is 4. The molecule has 0 bridgehead atoms. The molecule has 6 heteroatoms. The number of amides is 2. The van der Waals surface area contributed by atoms with Gasteiger partial charge >= 0.3 is 0 Å². The van der Waals surface area contributed by atoms with Gasteiger partial charge in [0.25, 0.3) is 5.91 Å². The van der Waals surface area contributed by atoms with Crippen molar-refractivity contribution in [3.63, 3.8) is 0 Å². The van der Waals surface area contributed by atoms with Crippen molar-refractivity contribution >= 4 is 28.2 Å². The number of nitrogens with one attached hydrogen (secondary N) is 1. The summed E-state index contributed by atoms with van der Waals surface area (Å²) >= 11 is 1.19. The highest BCUT2D eigenvalue weighted by Crippen LogP contribution is 2.33. The Kier molecular flexibility index (Phi) is 6.57. The largest absolute Gasteiger partial charge is 0.338 e. The van der Waals surface area contributed by atoms with E-state index in [0.29, 0.717) is 40.5 Å². The molecule has 0 fully saturated rings. The SMILES string of the molecule is CCN(CC)C(=O)c1sc(NC(=O)CC(C)C)c(C#N)c1C. The highest BCUT2D eigenvalue weighted by Gasteiger charge is 2.23. The third kappa shape index (κ3) is 4.08. The molecule has 1 rings (SSSR count).